The predicted octanol–water partition coefficient (Wildman–Crippen LogP) is 3.10. The Kier molecular flexibility index (Phi) is 6.38. The number of nitrogens with one attached hydrogen (secondary N) is 1. The Balaban J connectivity index is 1.73. The molecule has 0 aliphatic carbocycles. The van der Waals surface area contributed by atoms with Crippen molar-refractivity contribution in [2.45, 2.75) is 12.5 Å². The molecule has 0 saturated carbocycles. The summed E-state index contributed by atoms with van der Waals surface area (Å²) in [6.07, 6.45) is -0.987. The van der Waals surface area contributed by atoms with Gasteiger partial charge in [0.15, 0.2) is 0 Å². The highest BCUT2D eigenvalue weighted by molar-refractivity contribution is 6.32. The highest BCUT2D eigenvalue weighted by atomic mass is 35.5. The molecule has 0 heterocycles. The molecule has 122 valence electrons. The quantitative estimate of drug-likeness (QED) is 0.816. The molecule has 1 atom stereocenters. The van der Waals surface area contributed by atoms with Gasteiger partial charge in [-0.3, -0.25) is 4.79 Å². The molecule has 4 nitrogen and oxygen atoms in total. The highest BCUT2D eigenvalue weighted by Gasteiger charge is 2.13. The molecule has 0 aromatic heterocycles. The van der Waals surface area contributed by atoms with Crippen molar-refractivity contribution in [3.8, 4) is 5.75 Å². The Morgan fingerprint density at radius 3 is 2.65 bits per heavy atom. The second kappa shape index (κ2) is 8.50. The van der Waals surface area contributed by atoms with Crippen LogP contribution in [-0.4, -0.2) is 24.2 Å². The molecule has 0 aliphatic heterocycles. The van der Waals surface area contributed by atoms with Gasteiger partial charge in [0, 0.05) is 12.1 Å². The van der Waals surface area contributed by atoms with Crippen LogP contribution in [0.1, 0.15) is 18.1 Å². The van der Waals surface area contributed by atoms with Gasteiger partial charge in [-0.05, 0) is 18.2 Å². The summed E-state index contributed by atoms with van der Waals surface area (Å²) in [6, 6.07) is 12.9. The van der Waals surface area contributed by atoms with Crippen LogP contribution in [0.5, 0.6) is 5.75 Å². The molecule has 2 aromatic carbocycles. The average Bonchev–Trinajstić information content (AvgIpc) is 2.55. The maximum Gasteiger partial charge on any atom is 0.223 e. The van der Waals surface area contributed by atoms with Gasteiger partial charge >= 0.3 is 0 Å². The SMILES string of the molecule is O=C(CCOc1ccccc1Cl)NCC(O)c1ccccc1F. The monoisotopic (exact) mass is 337 g/mol. The molecule has 1 amide bonds. The van der Waals surface area contributed by atoms with Crippen molar-refractivity contribution in [3.63, 3.8) is 0 Å². The van der Waals surface area contributed by atoms with Gasteiger partial charge in [-0.2, -0.15) is 0 Å². The Morgan fingerprint density at radius 1 is 1.22 bits per heavy atom. The van der Waals surface area contributed by atoms with Crippen molar-refractivity contribution >= 4 is 17.5 Å². The van der Waals surface area contributed by atoms with Crippen molar-refractivity contribution in [2.75, 3.05) is 13.2 Å². The number of carbonyl (C=O) groups excluding carboxylic acids is 1. The molecule has 2 rings (SSSR count). The Bertz CT molecular complexity index is 666. The van der Waals surface area contributed by atoms with Crippen LogP contribution in [0.4, 0.5) is 4.39 Å². The first-order valence-electron chi connectivity index (χ1n) is 7.14. The fraction of sp³-hybridized carbons (Fsp3) is 0.235. The molecule has 23 heavy (non-hydrogen) atoms. The number of ether oxygens (including phenoxy) is 1. The van der Waals surface area contributed by atoms with E-state index in [4.69, 9.17) is 16.3 Å². The summed E-state index contributed by atoms with van der Waals surface area (Å²) in [4.78, 5) is 11.7. The van der Waals surface area contributed by atoms with Crippen molar-refractivity contribution in [3.05, 3.63) is 64.9 Å². The van der Waals surface area contributed by atoms with E-state index < -0.39 is 11.9 Å². The van der Waals surface area contributed by atoms with Gasteiger partial charge in [0.25, 0.3) is 0 Å². The number of amides is 1. The molecular weight excluding hydrogens is 321 g/mol. The van der Waals surface area contributed by atoms with Crippen molar-refractivity contribution in [1.29, 1.82) is 0 Å². The van der Waals surface area contributed by atoms with E-state index in [1.807, 2.05) is 0 Å². The molecule has 1 unspecified atom stereocenters. The zero-order valence-corrected chi connectivity index (χ0v) is 13.1. The van der Waals surface area contributed by atoms with Gasteiger partial charge in [-0.15, -0.1) is 0 Å². The number of hydrogen-bond acceptors (Lipinski definition) is 3. The summed E-state index contributed by atoms with van der Waals surface area (Å²) in [7, 11) is 0. The molecular formula is C17H17ClFNO3. The number of aliphatic hydroxyl groups excluding tert-OH is 1. The van der Waals surface area contributed by atoms with Crippen LogP contribution in [0.15, 0.2) is 48.5 Å². The van der Waals surface area contributed by atoms with Crippen molar-refractivity contribution < 1.29 is 19.0 Å². The summed E-state index contributed by atoms with van der Waals surface area (Å²) in [5.41, 5.74) is 0.153. The maximum atomic E-state index is 13.5. The van der Waals surface area contributed by atoms with E-state index >= 15 is 0 Å². The first-order valence-corrected chi connectivity index (χ1v) is 7.52. The van der Waals surface area contributed by atoms with Gasteiger partial charge in [0.05, 0.1) is 24.2 Å². The molecule has 0 aliphatic rings. The van der Waals surface area contributed by atoms with Crippen LogP contribution < -0.4 is 10.1 Å². The largest absolute Gasteiger partial charge is 0.491 e. The third-order valence-electron chi connectivity index (χ3n) is 3.18. The number of para-hydroxylation sites is 1. The highest BCUT2D eigenvalue weighted by Crippen LogP contribution is 2.23. The van der Waals surface area contributed by atoms with Gasteiger partial charge < -0.3 is 15.2 Å². The fourth-order valence-corrected chi connectivity index (χ4v) is 2.16. The lowest BCUT2D eigenvalue weighted by atomic mass is 10.1. The van der Waals surface area contributed by atoms with Gasteiger partial charge in [-0.25, -0.2) is 4.39 Å². The Hall–Kier alpha value is -2.11. The summed E-state index contributed by atoms with van der Waals surface area (Å²) < 4.78 is 18.9. The maximum absolute atomic E-state index is 13.5. The van der Waals surface area contributed by atoms with Gasteiger partial charge in [0.1, 0.15) is 11.6 Å². The summed E-state index contributed by atoms with van der Waals surface area (Å²) in [6.45, 7) is 0.0945. The second-order valence-corrected chi connectivity index (χ2v) is 5.28. The van der Waals surface area contributed by atoms with Crippen LogP contribution in [0, 0.1) is 5.82 Å². The third-order valence-corrected chi connectivity index (χ3v) is 3.49. The van der Waals surface area contributed by atoms with Gasteiger partial charge in [-0.1, -0.05) is 41.9 Å². The van der Waals surface area contributed by atoms with E-state index in [1.54, 1.807) is 30.3 Å². The van der Waals surface area contributed by atoms with Crippen LogP contribution in [0.3, 0.4) is 0 Å². The molecule has 0 bridgehead atoms. The second-order valence-electron chi connectivity index (χ2n) is 4.87. The van der Waals surface area contributed by atoms with E-state index in [0.717, 1.165) is 0 Å². The molecule has 0 radical (unpaired) electrons. The topological polar surface area (TPSA) is 58.6 Å². The lowest BCUT2D eigenvalue weighted by molar-refractivity contribution is -0.122. The lowest BCUT2D eigenvalue weighted by Gasteiger charge is -2.13. The number of rotatable bonds is 7. The number of benzene rings is 2. The smallest absolute Gasteiger partial charge is 0.223 e. The molecule has 0 fully saturated rings. The Labute approximate surface area is 138 Å². The molecule has 2 N–H and O–H groups in total. The minimum Gasteiger partial charge on any atom is -0.491 e. The van der Waals surface area contributed by atoms with Crippen LogP contribution in [-0.2, 0) is 4.79 Å². The molecule has 0 saturated heterocycles. The summed E-state index contributed by atoms with van der Waals surface area (Å²) in [5.74, 6) is -0.294. The minimum atomic E-state index is -1.09. The van der Waals surface area contributed by atoms with E-state index in [0.29, 0.717) is 10.8 Å². The molecule has 0 spiro atoms. The van der Waals surface area contributed by atoms with Crippen LogP contribution >= 0.6 is 11.6 Å². The lowest BCUT2D eigenvalue weighted by Crippen LogP contribution is -2.29. The van der Waals surface area contributed by atoms with Gasteiger partial charge in [0.2, 0.25) is 5.91 Å². The fourth-order valence-electron chi connectivity index (χ4n) is 1.97. The molecule has 2 aromatic rings. The minimum absolute atomic E-state index is 0.0636. The average molecular weight is 338 g/mol. The van der Waals surface area contributed by atoms with Crippen molar-refractivity contribution in [1.82, 2.24) is 5.32 Å². The number of halogens is 2. The number of carbonyl (C=O) groups is 1. The van der Waals surface area contributed by atoms with E-state index in [-0.39, 0.29) is 31.0 Å². The standard InChI is InChI=1S/C17H17ClFNO3/c18-13-6-2-4-8-16(13)23-10-9-17(22)20-11-15(21)12-5-1-3-7-14(12)19/h1-8,15,21H,9-11H2,(H,20,22). The molecule has 6 heteroatoms. The first-order chi connectivity index (χ1) is 11.1. The van der Waals surface area contributed by atoms with E-state index in [1.165, 1.54) is 18.2 Å². The van der Waals surface area contributed by atoms with Crippen molar-refractivity contribution in [2.24, 2.45) is 0 Å². The zero-order chi connectivity index (χ0) is 16.7. The van der Waals surface area contributed by atoms with Crippen LogP contribution in [0.2, 0.25) is 5.02 Å². The Morgan fingerprint density at radius 2 is 1.91 bits per heavy atom. The number of aliphatic hydroxyl groups is 1. The van der Waals surface area contributed by atoms with E-state index in [2.05, 4.69) is 5.32 Å². The third kappa shape index (κ3) is 5.23. The normalized spacial score (nSPS) is 11.8. The predicted molar refractivity (Wildman–Crippen MR) is 85.9 cm³/mol. The zero-order valence-electron chi connectivity index (χ0n) is 12.3. The first kappa shape index (κ1) is 17.2. The summed E-state index contributed by atoms with van der Waals surface area (Å²) in [5, 5.41) is 12.9. The number of hydrogen-bond donors (Lipinski definition) is 2. The summed E-state index contributed by atoms with van der Waals surface area (Å²) >= 11 is 5.93. The van der Waals surface area contributed by atoms with Crippen LogP contribution in [0.25, 0.3) is 0 Å². The van der Waals surface area contributed by atoms with E-state index in [9.17, 15) is 14.3 Å².